The maximum absolute atomic E-state index is 5.95. The molecule has 4 aliphatic carbocycles. The molecule has 242 valence electrons. The summed E-state index contributed by atoms with van der Waals surface area (Å²) in [6.07, 6.45) is 21.8. The van der Waals surface area contributed by atoms with Crippen LogP contribution in [0.2, 0.25) is 0 Å². The van der Waals surface area contributed by atoms with E-state index in [0.717, 1.165) is 66.0 Å². The summed E-state index contributed by atoms with van der Waals surface area (Å²) in [5, 5.41) is 0. The number of rotatable bonds is 11. The Bertz CT molecular complexity index is 1010. The zero-order chi connectivity index (χ0) is 30.2. The lowest BCUT2D eigenvalue weighted by Crippen LogP contribution is -2.44. The van der Waals surface area contributed by atoms with Gasteiger partial charge < -0.3 is 4.74 Å². The molecule has 1 saturated heterocycles. The van der Waals surface area contributed by atoms with Gasteiger partial charge in [-0.15, -0.1) is 0 Å². The van der Waals surface area contributed by atoms with Crippen molar-refractivity contribution in [2.24, 2.45) is 52.8 Å². The quantitative estimate of drug-likeness (QED) is 0.238. The molecule has 1 aliphatic heterocycles. The van der Waals surface area contributed by atoms with Crippen LogP contribution in [0.3, 0.4) is 0 Å². The van der Waals surface area contributed by atoms with Gasteiger partial charge in [0.15, 0.2) is 0 Å². The standard InChI is InChI=1S/C41H67NO/c1-29-21-24-36-35(26-29)37-38(33-19-13-14-20-34(33)39(37)42(36)28-31-17-11-9-12-18-31)41(5,6)32-23-22-30(27-32)16-10-7-8-15-25-43-40(2,3)4/h9,11-12,17-18,29-30,32-39H,7-8,10,13-16,19-28H2,1-6H3. The van der Waals surface area contributed by atoms with Crippen LogP contribution < -0.4 is 0 Å². The molecule has 1 aromatic carbocycles. The van der Waals surface area contributed by atoms with Crippen LogP contribution in [-0.4, -0.2) is 29.2 Å². The zero-order valence-electron chi connectivity index (χ0n) is 29.0. The molecule has 2 heteroatoms. The van der Waals surface area contributed by atoms with Crippen LogP contribution in [0.15, 0.2) is 30.3 Å². The Balaban J connectivity index is 1.14. The lowest BCUT2D eigenvalue weighted by molar-refractivity contribution is -0.00478. The van der Waals surface area contributed by atoms with E-state index < -0.39 is 0 Å². The number of hydrogen-bond acceptors (Lipinski definition) is 2. The SMILES string of the molecule is CC1CCC2C(C1)C1C(C3CCCCC3C1C(C)(C)C1CCC(CCCCCCOC(C)(C)C)C1)N2Cc1ccccc1. The molecule has 5 aliphatic rings. The summed E-state index contributed by atoms with van der Waals surface area (Å²) < 4.78 is 5.95. The fourth-order valence-electron chi connectivity index (χ4n) is 11.9. The molecule has 5 fully saturated rings. The normalized spacial score (nSPS) is 38.2. The highest BCUT2D eigenvalue weighted by Crippen LogP contribution is 2.67. The fraction of sp³-hybridized carbons (Fsp3) is 0.854. The van der Waals surface area contributed by atoms with E-state index in [1.54, 1.807) is 5.56 Å². The molecule has 10 atom stereocenters. The lowest BCUT2D eigenvalue weighted by Gasteiger charge is -2.48. The Morgan fingerprint density at radius 2 is 1.51 bits per heavy atom. The van der Waals surface area contributed by atoms with Crippen LogP contribution in [-0.2, 0) is 11.3 Å². The van der Waals surface area contributed by atoms with E-state index in [0.29, 0.717) is 5.41 Å². The second-order valence-corrected chi connectivity index (χ2v) is 17.9. The van der Waals surface area contributed by atoms with E-state index in [9.17, 15) is 0 Å². The van der Waals surface area contributed by atoms with E-state index in [1.807, 2.05) is 0 Å². The minimum absolute atomic E-state index is 0.0114. The molecule has 0 spiro atoms. The van der Waals surface area contributed by atoms with Gasteiger partial charge in [0, 0.05) is 25.2 Å². The Hall–Kier alpha value is -0.860. The zero-order valence-corrected chi connectivity index (χ0v) is 29.0. The maximum Gasteiger partial charge on any atom is 0.0598 e. The first-order valence-electron chi connectivity index (χ1n) is 19.1. The highest BCUT2D eigenvalue weighted by molar-refractivity contribution is 5.20. The molecule has 2 nitrogen and oxygen atoms in total. The summed E-state index contributed by atoms with van der Waals surface area (Å²) >= 11 is 0. The molecule has 0 N–H and O–H groups in total. The largest absolute Gasteiger partial charge is 0.376 e. The summed E-state index contributed by atoms with van der Waals surface area (Å²) in [7, 11) is 0. The molecule has 4 saturated carbocycles. The van der Waals surface area contributed by atoms with Gasteiger partial charge in [-0.1, -0.05) is 96.0 Å². The third-order valence-corrected chi connectivity index (χ3v) is 13.7. The van der Waals surface area contributed by atoms with Crippen molar-refractivity contribution in [1.29, 1.82) is 0 Å². The molecular weight excluding hydrogens is 522 g/mol. The number of likely N-dealkylation sites (tertiary alicyclic amines) is 1. The van der Waals surface area contributed by atoms with E-state index in [-0.39, 0.29) is 5.60 Å². The van der Waals surface area contributed by atoms with Crippen molar-refractivity contribution in [1.82, 2.24) is 4.90 Å². The summed E-state index contributed by atoms with van der Waals surface area (Å²) in [5.41, 5.74) is 2.04. The van der Waals surface area contributed by atoms with Gasteiger partial charge in [-0.3, -0.25) is 4.90 Å². The van der Waals surface area contributed by atoms with Crippen molar-refractivity contribution in [3.05, 3.63) is 35.9 Å². The molecule has 0 aromatic heterocycles. The van der Waals surface area contributed by atoms with E-state index in [4.69, 9.17) is 4.74 Å². The Labute approximate surface area is 266 Å². The van der Waals surface area contributed by atoms with Gasteiger partial charge in [-0.25, -0.2) is 0 Å². The molecule has 0 amide bonds. The lowest BCUT2D eigenvalue weighted by atomic mass is 9.57. The molecule has 0 bridgehead atoms. The van der Waals surface area contributed by atoms with Gasteiger partial charge >= 0.3 is 0 Å². The first-order valence-corrected chi connectivity index (χ1v) is 19.1. The summed E-state index contributed by atoms with van der Waals surface area (Å²) in [6.45, 7) is 16.8. The number of ether oxygens (including phenoxy) is 1. The number of unbranched alkanes of at least 4 members (excludes halogenated alkanes) is 3. The predicted molar refractivity (Wildman–Crippen MR) is 182 cm³/mol. The Kier molecular flexibility index (Phi) is 10.1. The van der Waals surface area contributed by atoms with Gasteiger partial charge in [0.05, 0.1) is 5.60 Å². The molecule has 0 radical (unpaired) electrons. The van der Waals surface area contributed by atoms with Gasteiger partial charge in [-0.2, -0.15) is 0 Å². The van der Waals surface area contributed by atoms with Crippen LogP contribution in [0.25, 0.3) is 0 Å². The third kappa shape index (κ3) is 6.96. The van der Waals surface area contributed by atoms with Crippen LogP contribution in [0.5, 0.6) is 0 Å². The van der Waals surface area contributed by atoms with Gasteiger partial charge in [0.2, 0.25) is 0 Å². The van der Waals surface area contributed by atoms with E-state index in [2.05, 4.69) is 76.8 Å². The van der Waals surface area contributed by atoms with Crippen molar-refractivity contribution in [2.45, 2.75) is 162 Å². The molecule has 43 heavy (non-hydrogen) atoms. The fourth-order valence-corrected chi connectivity index (χ4v) is 11.9. The molecular formula is C41H67NO. The van der Waals surface area contributed by atoms with Crippen LogP contribution >= 0.6 is 0 Å². The molecule has 6 rings (SSSR count). The van der Waals surface area contributed by atoms with Crippen LogP contribution in [0.4, 0.5) is 0 Å². The minimum atomic E-state index is 0.0114. The minimum Gasteiger partial charge on any atom is -0.376 e. The smallest absolute Gasteiger partial charge is 0.0598 e. The van der Waals surface area contributed by atoms with E-state index >= 15 is 0 Å². The Morgan fingerprint density at radius 3 is 2.28 bits per heavy atom. The average molecular weight is 590 g/mol. The molecule has 10 unspecified atom stereocenters. The topological polar surface area (TPSA) is 12.5 Å². The molecule has 1 aromatic rings. The highest BCUT2D eigenvalue weighted by atomic mass is 16.5. The average Bonchev–Trinajstić information content (AvgIpc) is 3.66. The first kappa shape index (κ1) is 32.1. The van der Waals surface area contributed by atoms with Crippen molar-refractivity contribution in [2.75, 3.05) is 6.61 Å². The number of benzene rings is 1. The van der Waals surface area contributed by atoms with Crippen LogP contribution in [0, 0.1) is 52.8 Å². The number of hydrogen-bond donors (Lipinski definition) is 0. The Morgan fingerprint density at radius 1 is 0.767 bits per heavy atom. The summed E-state index contributed by atoms with van der Waals surface area (Å²) in [6, 6.07) is 13.2. The number of fused-ring (bicyclic) bond motifs is 5. The number of nitrogens with zero attached hydrogens (tertiary/aromatic N) is 1. The van der Waals surface area contributed by atoms with Crippen molar-refractivity contribution >= 4 is 0 Å². The van der Waals surface area contributed by atoms with Crippen LogP contribution in [0.1, 0.15) is 143 Å². The second kappa shape index (κ2) is 13.5. The first-order chi connectivity index (χ1) is 20.6. The van der Waals surface area contributed by atoms with Gasteiger partial charge in [-0.05, 0) is 130 Å². The van der Waals surface area contributed by atoms with Crippen molar-refractivity contribution in [3.63, 3.8) is 0 Å². The second-order valence-electron chi connectivity index (χ2n) is 17.9. The van der Waals surface area contributed by atoms with Crippen molar-refractivity contribution < 1.29 is 4.74 Å². The maximum atomic E-state index is 5.95. The third-order valence-electron chi connectivity index (χ3n) is 13.7. The highest BCUT2D eigenvalue weighted by Gasteiger charge is 2.65. The van der Waals surface area contributed by atoms with Gasteiger partial charge in [0.1, 0.15) is 0 Å². The van der Waals surface area contributed by atoms with Gasteiger partial charge in [0.25, 0.3) is 0 Å². The molecule has 1 heterocycles. The monoisotopic (exact) mass is 590 g/mol. The predicted octanol–water partition coefficient (Wildman–Crippen LogP) is 10.9. The van der Waals surface area contributed by atoms with Crippen molar-refractivity contribution in [3.8, 4) is 0 Å². The summed E-state index contributed by atoms with van der Waals surface area (Å²) in [5.74, 6) is 7.58. The summed E-state index contributed by atoms with van der Waals surface area (Å²) in [4.78, 5) is 3.14. The van der Waals surface area contributed by atoms with E-state index in [1.165, 1.54) is 103 Å².